The van der Waals surface area contributed by atoms with E-state index in [0.29, 0.717) is 6.61 Å². The highest BCUT2D eigenvalue weighted by molar-refractivity contribution is 8.00. The highest BCUT2D eigenvalue weighted by Crippen LogP contribution is 2.36. The van der Waals surface area contributed by atoms with Crippen molar-refractivity contribution in [2.45, 2.75) is 49.2 Å². The van der Waals surface area contributed by atoms with Gasteiger partial charge in [0, 0.05) is 4.90 Å². The summed E-state index contributed by atoms with van der Waals surface area (Å²) in [4.78, 5) is 12.6. The van der Waals surface area contributed by atoms with Gasteiger partial charge in [-0.3, -0.25) is 4.79 Å². The summed E-state index contributed by atoms with van der Waals surface area (Å²) < 4.78 is 5.47. The smallest absolute Gasteiger partial charge is 0.317 e. The van der Waals surface area contributed by atoms with E-state index in [1.165, 1.54) is 18.2 Å². The van der Waals surface area contributed by atoms with E-state index in [9.17, 15) is 9.90 Å². The van der Waals surface area contributed by atoms with Crippen molar-refractivity contribution in [1.82, 2.24) is 0 Å². The van der Waals surface area contributed by atoms with E-state index in [1.807, 2.05) is 24.3 Å². The number of ether oxygens (including phenoxy) is 1. The van der Waals surface area contributed by atoms with Crippen LogP contribution < -0.4 is 4.74 Å². The molecule has 0 bridgehead atoms. The molecule has 1 N–H and O–H groups in total. The van der Waals surface area contributed by atoms with Gasteiger partial charge in [0.2, 0.25) is 0 Å². The van der Waals surface area contributed by atoms with Crippen LogP contribution in [-0.2, 0) is 4.79 Å². The molecule has 0 aromatic heterocycles. The molecule has 1 unspecified atom stereocenters. The molecule has 1 saturated carbocycles. The Morgan fingerprint density at radius 2 is 2.00 bits per heavy atom. The summed E-state index contributed by atoms with van der Waals surface area (Å²) in [7, 11) is 0. The topological polar surface area (TPSA) is 46.5 Å². The third-order valence-corrected chi connectivity index (χ3v) is 5.28. The van der Waals surface area contributed by atoms with Gasteiger partial charge in [-0.2, -0.15) is 0 Å². The summed E-state index contributed by atoms with van der Waals surface area (Å²) >= 11 is 1.46. The summed E-state index contributed by atoms with van der Waals surface area (Å²) in [5, 5.41) is 9.17. The quantitative estimate of drug-likeness (QED) is 0.630. The van der Waals surface area contributed by atoms with Gasteiger partial charge in [-0.25, -0.2) is 0 Å². The number of rotatable bonds is 6. The molecular formula is C18H22O3S. The minimum absolute atomic E-state index is 0.284. The number of carbonyl (C=O) groups is 1. The van der Waals surface area contributed by atoms with Gasteiger partial charge in [0.05, 0.1) is 0 Å². The second-order valence-electron chi connectivity index (χ2n) is 5.46. The van der Waals surface area contributed by atoms with Crippen molar-refractivity contribution in [2.75, 3.05) is 6.61 Å². The number of benzene rings is 1. The van der Waals surface area contributed by atoms with E-state index in [-0.39, 0.29) is 11.2 Å². The molecule has 0 radical (unpaired) electrons. The minimum atomic E-state index is -0.699. The van der Waals surface area contributed by atoms with Crippen LogP contribution in [0.3, 0.4) is 0 Å². The second-order valence-corrected chi connectivity index (χ2v) is 6.68. The van der Waals surface area contributed by atoms with Crippen LogP contribution in [0, 0.1) is 17.8 Å². The number of hydrogen-bond acceptors (Lipinski definition) is 3. The van der Waals surface area contributed by atoms with E-state index in [1.54, 1.807) is 6.92 Å². The maximum Gasteiger partial charge on any atom is 0.317 e. The Labute approximate surface area is 136 Å². The van der Waals surface area contributed by atoms with Gasteiger partial charge in [-0.05, 0) is 49.9 Å². The molecule has 1 aromatic rings. The van der Waals surface area contributed by atoms with Crippen LogP contribution >= 0.6 is 11.8 Å². The molecule has 1 atom stereocenters. The summed E-state index contributed by atoms with van der Waals surface area (Å²) in [6.07, 6.45) is 5.60. The Bertz CT molecular complexity index is 536. The standard InChI is InChI=1S/C18H22O3S/c1-2-3-13-21-15-9-11-16(12-10-15)22-17(18(19)20)14-7-5-4-6-8-14/h9-12,14,17H,4-8,13H2,1H3,(H,19,20). The molecule has 0 spiro atoms. The van der Waals surface area contributed by atoms with Crippen LogP contribution in [0.4, 0.5) is 0 Å². The van der Waals surface area contributed by atoms with Crippen molar-refractivity contribution >= 4 is 17.7 Å². The number of aliphatic carboxylic acids is 1. The van der Waals surface area contributed by atoms with E-state index < -0.39 is 5.97 Å². The largest absolute Gasteiger partial charge is 0.481 e. The van der Waals surface area contributed by atoms with Gasteiger partial charge in [0.15, 0.2) is 0 Å². The number of carboxylic acid groups (broad SMARTS) is 1. The zero-order valence-electron chi connectivity index (χ0n) is 12.9. The molecule has 0 aliphatic heterocycles. The van der Waals surface area contributed by atoms with Crippen molar-refractivity contribution in [1.29, 1.82) is 0 Å². The molecule has 22 heavy (non-hydrogen) atoms. The molecule has 0 saturated heterocycles. The summed E-state index contributed by atoms with van der Waals surface area (Å²) in [6.45, 7) is 2.16. The lowest BCUT2D eigenvalue weighted by atomic mass is 9.87. The Morgan fingerprint density at radius 1 is 1.32 bits per heavy atom. The zero-order valence-corrected chi connectivity index (χ0v) is 13.7. The fourth-order valence-electron chi connectivity index (χ4n) is 2.74. The van der Waals surface area contributed by atoms with Crippen LogP contribution in [0.5, 0.6) is 5.75 Å². The van der Waals surface area contributed by atoms with Crippen molar-refractivity contribution in [2.24, 2.45) is 5.92 Å². The molecule has 1 fully saturated rings. The first-order chi connectivity index (χ1) is 10.7. The molecular weight excluding hydrogens is 296 g/mol. The highest BCUT2D eigenvalue weighted by Gasteiger charge is 2.30. The molecule has 4 heteroatoms. The molecule has 3 nitrogen and oxygen atoms in total. The molecule has 1 aromatic carbocycles. The fraction of sp³-hybridized carbons (Fsp3) is 0.500. The molecule has 118 valence electrons. The predicted molar refractivity (Wildman–Crippen MR) is 89.2 cm³/mol. The third-order valence-electron chi connectivity index (χ3n) is 3.90. The first-order valence-corrected chi connectivity index (χ1v) is 8.60. The molecule has 0 amide bonds. The first-order valence-electron chi connectivity index (χ1n) is 7.72. The summed E-state index contributed by atoms with van der Waals surface area (Å²) in [6, 6.07) is 7.61. The Hall–Kier alpha value is -1.60. The lowest BCUT2D eigenvalue weighted by molar-refractivity contribution is -0.137. The van der Waals surface area contributed by atoms with Crippen molar-refractivity contribution in [3.63, 3.8) is 0 Å². The van der Waals surface area contributed by atoms with Gasteiger partial charge >= 0.3 is 5.97 Å². The monoisotopic (exact) mass is 318 g/mol. The van der Waals surface area contributed by atoms with Crippen LogP contribution in [0.25, 0.3) is 0 Å². The Balaban J connectivity index is 1.96. The minimum Gasteiger partial charge on any atom is -0.481 e. The summed E-state index contributed by atoms with van der Waals surface area (Å²) in [5.41, 5.74) is 0. The van der Waals surface area contributed by atoms with Crippen molar-refractivity contribution in [3.8, 4) is 17.6 Å². The molecule has 1 aliphatic carbocycles. The van der Waals surface area contributed by atoms with Crippen LogP contribution in [0.2, 0.25) is 0 Å². The molecule has 0 heterocycles. The molecule has 1 aliphatic rings. The predicted octanol–water partition coefficient (Wildman–Crippen LogP) is 4.21. The number of hydrogen-bond donors (Lipinski definition) is 1. The van der Waals surface area contributed by atoms with Gasteiger partial charge in [-0.15, -0.1) is 17.7 Å². The van der Waals surface area contributed by atoms with E-state index >= 15 is 0 Å². The fourth-order valence-corrected chi connectivity index (χ4v) is 3.89. The highest BCUT2D eigenvalue weighted by atomic mass is 32.2. The first kappa shape index (κ1) is 16.8. The van der Waals surface area contributed by atoms with Gasteiger partial charge < -0.3 is 9.84 Å². The Kier molecular flexibility index (Phi) is 6.67. The van der Waals surface area contributed by atoms with E-state index in [2.05, 4.69) is 11.8 Å². The van der Waals surface area contributed by atoms with E-state index in [0.717, 1.165) is 36.3 Å². The maximum absolute atomic E-state index is 11.6. The van der Waals surface area contributed by atoms with E-state index in [4.69, 9.17) is 4.74 Å². The lowest BCUT2D eigenvalue weighted by Crippen LogP contribution is -2.28. The third kappa shape index (κ3) is 4.99. The zero-order chi connectivity index (χ0) is 15.8. The van der Waals surface area contributed by atoms with Gasteiger partial charge in [0.1, 0.15) is 17.6 Å². The average Bonchev–Trinajstić information content (AvgIpc) is 2.55. The van der Waals surface area contributed by atoms with Gasteiger partial charge in [-0.1, -0.05) is 25.2 Å². The average molecular weight is 318 g/mol. The van der Waals surface area contributed by atoms with Crippen LogP contribution in [0.1, 0.15) is 39.0 Å². The van der Waals surface area contributed by atoms with Crippen LogP contribution in [-0.4, -0.2) is 22.9 Å². The maximum atomic E-state index is 11.6. The number of thioether (sulfide) groups is 1. The molecule has 2 rings (SSSR count). The van der Waals surface area contributed by atoms with Crippen molar-refractivity contribution in [3.05, 3.63) is 24.3 Å². The Morgan fingerprint density at radius 3 is 2.59 bits per heavy atom. The van der Waals surface area contributed by atoms with Crippen LogP contribution in [0.15, 0.2) is 29.2 Å². The van der Waals surface area contributed by atoms with Crippen molar-refractivity contribution < 1.29 is 14.6 Å². The lowest BCUT2D eigenvalue weighted by Gasteiger charge is -2.27. The SMILES string of the molecule is CC#CCOc1ccc(SC(C(=O)O)C2CCCCC2)cc1. The van der Waals surface area contributed by atoms with Gasteiger partial charge in [0.25, 0.3) is 0 Å². The number of carboxylic acids is 1. The summed E-state index contributed by atoms with van der Waals surface area (Å²) in [5.74, 6) is 5.97. The normalized spacial score (nSPS) is 16.4. The second kappa shape index (κ2) is 8.75.